The van der Waals surface area contributed by atoms with E-state index in [9.17, 15) is 9.59 Å². The average molecular weight is 324 g/mol. The molecule has 1 atom stereocenters. The van der Waals surface area contributed by atoms with Crippen LogP contribution in [-0.4, -0.2) is 23.8 Å². The SMILES string of the molecule is CCCC(=O)N(C)[C@@H](C)c1cccc(NC(=O)c2ccccc2)c1. The van der Waals surface area contributed by atoms with E-state index in [1.54, 1.807) is 17.0 Å². The molecule has 2 rings (SSSR count). The number of anilines is 1. The van der Waals surface area contributed by atoms with E-state index in [4.69, 9.17) is 0 Å². The Labute approximate surface area is 143 Å². The molecule has 0 heterocycles. The van der Waals surface area contributed by atoms with Gasteiger partial charge in [-0.15, -0.1) is 0 Å². The average Bonchev–Trinajstić information content (AvgIpc) is 2.61. The third-order valence-electron chi connectivity index (χ3n) is 4.10. The molecule has 0 radical (unpaired) electrons. The maximum absolute atomic E-state index is 12.2. The molecule has 0 aliphatic rings. The summed E-state index contributed by atoms with van der Waals surface area (Å²) in [4.78, 5) is 26.1. The Kier molecular flexibility index (Phi) is 6.13. The summed E-state index contributed by atoms with van der Waals surface area (Å²) in [6.07, 6.45) is 1.38. The van der Waals surface area contributed by atoms with Crippen LogP contribution < -0.4 is 5.32 Å². The summed E-state index contributed by atoms with van der Waals surface area (Å²) in [6.45, 7) is 3.99. The van der Waals surface area contributed by atoms with Crippen LogP contribution in [0, 0.1) is 0 Å². The predicted molar refractivity (Wildman–Crippen MR) is 96.9 cm³/mol. The van der Waals surface area contributed by atoms with Crippen LogP contribution in [0.3, 0.4) is 0 Å². The van der Waals surface area contributed by atoms with E-state index in [1.807, 2.05) is 63.4 Å². The molecule has 0 fully saturated rings. The number of carbonyl (C=O) groups is 2. The molecule has 2 aromatic carbocycles. The van der Waals surface area contributed by atoms with Gasteiger partial charge in [0.1, 0.15) is 0 Å². The van der Waals surface area contributed by atoms with Gasteiger partial charge in [-0.25, -0.2) is 0 Å². The van der Waals surface area contributed by atoms with Crippen molar-refractivity contribution in [2.45, 2.75) is 32.7 Å². The summed E-state index contributed by atoms with van der Waals surface area (Å²) in [7, 11) is 1.82. The second kappa shape index (κ2) is 8.29. The molecule has 24 heavy (non-hydrogen) atoms. The van der Waals surface area contributed by atoms with E-state index in [0.29, 0.717) is 12.0 Å². The molecule has 0 bridgehead atoms. The van der Waals surface area contributed by atoms with Gasteiger partial charge in [0, 0.05) is 24.7 Å². The Balaban J connectivity index is 2.11. The van der Waals surface area contributed by atoms with Crippen molar-refractivity contribution < 1.29 is 9.59 Å². The van der Waals surface area contributed by atoms with Crippen molar-refractivity contribution in [3.05, 3.63) is 65.7 Å². The minimum Gasteiger partial charge on any atom is -0.339 e. The summed E-state index contributed by atoms with van der Waals surface area (Å²) in [5.74, 6) is -0.0143. The fourth-order valence-corrected chi connectivity index (χ4v) is 2.50. The fraction of sp³-hybridized carbons (Fsp3) is 0.300. The van der Waals surface area contributed by atoms with Gasteiger partial charge in [-0.2, -0.15) is 0 Å². The number of carbonyl (C=O) groups excluding carboxylic acids is 2. The Morgan fingerprint density at radius 3 is 2.46 bits per heavy atom. The second-order valence-electron chi connectivity index (χ2n) is 5.88. The van der Waals surface area contributed by atoms with Crippen molar-refractivity contribution in [3.8, 4) is 0 Å². The minimum absolute atomic E-state index is 0.0439. The summed E-state index contributed by atoms with van der Waals surface area (Å²) >= 11 is 0. The minimum atomic E-state index is -0.143. The molecule has 4 nitrogen and oxygen atoms in total. The van der Waals surface area contributed by atoms with Crippen LogP contribution in [0.15, 0.2) is 54.6 Å². The molecule has 2 amide bonds. The first kappa shape index (κ1) is 17.7. The second-order valence-corrected chi connectivity index (χ2v) is 5.88. The summed E-state index contributed by atoms with van der Waals surface area (Å²) < 4.78 is 0. The van der Waals surface area contributed by atoms with Gasteiger partial charge in [0.05, 0.1) is 6.04 Å². The van der Waals surface area contributed by atoms with E-state index >= 15 is 0 Å². The standard InChI is InChI=1S/C20H24N2O2/c1-4-9-19(23)22(3)15(2)17-12-8-13-18(14-17)21-20(24)16-10-6-5-7-11-16/h5-8,10-15H,4,9H2,1-3H3,(H,21,24)/t15-/m0/s1. The molecule has 0 aliphatic carbocycles. The molecular weight excluding hydrogens is 300 g/mol. The highest BCUT2D eigenvalue weighted by molar-refractivity contribution is 6.04. The van der Waals surface area contributed by atoms with Crippen LogP contribution >= 0.6 is 0 Å². The summed E-state index contributed by atoms with van der Waals surface area (Å²) in [5.41, 5.74) is 2.34. The zero-order valence-electron chi connectivity index (χ0n) is 14.5. The predicted octanol–water partition coefficient (Wildman–Crippen LogP) is 4.26. The van der Waals surface area contributed by atoms with Gasteiger partial charge in [-0.3, -0.25) is 9.59 Å². The van der Waals surface area contributed by atoms with Crippen LogP contribution in [0.25, 0.3) is 0 Å². The zero-order valence-corrected chi connectivity index (χ0v) is 14.5. The van der Waals surface area contributed by atoms with E-state index in [2.05, 4.69) is 5.32 Å². The number of nitrogens with zero attached hydrogens (tertiary/aromatic N) is 1. The molecular formula is C20H24N2O2. The van der Waals surface area contributed by atoms with Crippen LogP contribution in [0.1, 0.15) is 48.7 Å². The molecule has 0 saturated heterocycles. The topological polar surface area (TPSA) is 49.4 Å². The van der Waals surface area contributed by atoms with Crippen molar-refractivity contribution in [2.75, 3.05) is 12.4 Å². The quantitative estimate of drug-likeness (QED) is 0.863. The molecule has 0 saturated carbocycles. The molecule has 2 aromatic rings. The Morgan fingerprint density at radius 1 is 1.08 bits per heavy atom. The van der Waals surface area contributed by atoms with E-state index in [1.165, 1.54) is 0 Å². The highest BCUT2D eigenvalue weighted by Crippen LogP contribution is 2.23. The van der Waals surface area contributed by atoms with Gasteiger partial charge < -0.3 is 10.2 Å². The van der Waals surface area contributed by atoms with Crippen LogP contribution in [0.5, 0.6) is 0 Å². The number of amides is 2. The Bertz CT molecular complexity index is 698. The molecule has 0 aromatic heterocycles. The summed E-state index contributed by atoms with van der Waals surface area (Å²) in [6, 6.07) is 16.7. The smallest absolute Gasteiger partial charge is 0.255 e. The third kappa shape index (κ3) is 4.44. The zero-order chi connectivity index (χ0) is 17.5. The third-order valence-corrected chi connectivity index (χ3v) is 4.10. The monoisotopic (exact) mass is 324 g/mol. The van der Waals surface area contributed by atoms with Crippen molar-refractivity contribution in [2.24, 2.45) is 0 Å². The highest BCUT2D eigenvalue weighted by Gasteiger charge is 2.17. The lowest BCUT2D eigenvalue weighted by Crippen LogP contribution is -2.29. The van der Waals surface area contributed by atoms with Crippen LogP contribution in [0.4, 0.5) is 5.69 Å². The van der Waals surface area contributed by atoms with Crippen molar-refractivity contribution in [1.29, 1.82) is 0 Å². The number of nitrogens with one attached hydrogen (secondary N) is 1. The lowest BCUT2D eigenvalue weighted by molar-refractivity contribution is -0.131. The Morgan fingerprint density at radius 2 is 1.79 bits per heavy atom. The molecule has 1 N–H and O–H groups in total. The fourth-order valence-electron chi connectivity index (χ4n) is 2.50. The van der Waals surface area contributed by atoms with Gasteiger partial charge in [-0.1, -0.05) is 37.3 Å². The molecule has 0 unspecified atom stereocenters. The summed E-state index contributed by atoms with van der Waals surface area (Å²) in [5, 5.41) is 2.90. The number of hydrogen-bond acceptors (Lipinski definition) is 2. The highest BCUT2D eigenvalue weighted by atomic mass is 16.2. The molecule has 4 heteroatoms. The van der Waals surface area contributed by atoms with Gasteiger partial charge in [0.25, 0.3) is 5.91 Å². The number of hydrogen-bond donors (Lipinski definition) is 1. The van der Waals surface area contributed by atoms with Crippen molar-refractivity contribution >= 4 is 17.5 Å². The van der Waals surface area contributed by atoms with Gasteiger partial charge in [0.15, 0.2) is 0 Å². The normalized spacial score (nSPS) is 11.6. The van der Waals surface area contributed by atoms with Gasteiger partial charge >= 0.3 is 0 Å². The molecule has 126 valence electrons. The number of benzene rings is 2. The van der Waals surface area contributed by atoms with Crippen molar-refractivity contribution in [3.63, 3.8) is 0 Å². The molecule has 0 spiro atoms. The van der Waals surface area contributed by atoms with Gasteiger partial charge in [-0.05, 0) is 43.2 Å². The lowest BCUT2D eigenvalue weighted by atomic mass is 10.1. The Hall–Kier alpha value is -2.62. The maximum atomic E-state index is 12.2. The lowest BCUT2D eigenvalue weighted by Gasteiger charge is -2.25. The van der Waals surface area contributed by atoms with Crippen molar-refractivity contribution in [1.82, 2.24) is 4.90 Å². The number of rotatable bonds is 6. The molecule has 0 aliphatic heterocycles. The first-order valence-corrected chi connectivity index (χ1v) is 8.25. The van der Waals surface area contributed by atoms with E-state index < -0.39 is 0 Å². The largest absolute Gasteiger partial charge is 0.339 e. The first-order chi connectivity index (χ1) is 11.5. The van der Waals surface area contributed by atoms with E-state index in [-0.39, 0.29) is 17.9 Å². The van der Waals surface area contributed by atoms with E-state index in [0.717, 1.165) is 17.7 Å². The first-order valence-electron chi connectivity index (χ1n) is 8.25. The maximum Gasteiger partial charge on any atom is 0.255 e. The van der Waals surface area contributed by atoms with Crippen LogP contribution in [0.2, 0.25) is 0 Å². The van der Waals surface area contributed by atoms with Gasteiger partial charge in [0.2, 0.25) is 5.91 Å². The van der Waals surface area contributed by atoms with Crippen LogP contribution in [-0.2, 0) is 4.79 Å².